The number of carboxylic acids is 1. The first-order valence-electron chi connectivity index (χ1n) is 9.55. The van der Waals surface area contributed by atoms with Crippen LogP contribution in [-0.2, 0) is 10.2 Å². The van der Waals surface area contributed by atoms with Crippen molar-refractivity contribution in [2.75, 3.05) is 0 Å². The molecule has 1 saturated carbocycles. The molecule has 2 aliphatic rings. The maximum atomic E-state index is 14.5. The van der Waals surface area contributed by atoms with E-state index in [0.717, 1.165) is 36.6 Å². The Hall–Kier alpha value is -3.03. The molecule has 2 atom stereocenters. The van der Waals surface area contributed by atoms with Gasteiger partial charge >= 0.3 is 5.97 Å². The minimum atomic E-state index is -1.24. The second-order valence-corrected chi connectivity index (χ2v) is 8.32. The summed E-state index contributed by atoms with van der Waals surface area (Å²) in [4.78, 5) is 15.8. The number of hydrogen-bond donors (Lipinski definition) is 1. The molecule has 3 aromatic rings. The lowest BCUT2D eigenvalue weighted by molar-refractivity contribution is -0.143. The number of aromatic nitrogens is 3. The Balaban J connectivity index is 1.67. The van der Waals surface area contributed by atoms with Gasteiger partial charge in [-0.1, -0.05) is 0 Å². The fraction of sp³-hybridized carbons (Fsp3) is 0.381. The Morgan fingerprint density at radius 3 is 2.76 bits per heavy atom. The molecular formula is C21H19F2N3O3. The zero-order chi connectivity index (χ0) is 20.5. The lowest BCUT2D eigenvalue weighted by Crippen LogP contribution is -2.27. The van der Waals surface area contributed by atoms with Gasteiger partial charge in [0, 0.05) is 17.5 Å². The molecule has 0 radical (unpaired) electrons. The quantitative estimate of drug-likeness (QED) is 0.697. The minimum absolute atomic E-state index is 0.180. The third-order valence-corrected chi connectivity index (χ3v) is 6.18. The van der Waals surface area contributed by atoms with Crippen LogP contribution in [0.3, 0.4) is 0 Å². The maximum absolute atomic E-state index is 14.5. The number of oxazole rings is 1. The van der Waals surface area contributed by atoms with Crippen LogP contribution in [0.25, 0.3) is 17.3 Å². The van der Waals surface area contributed by atoms with Crippen molar-refractivity contribution in [1.82, 2.24) is 14.8 Å². The molecule has 1 aromatic carbocycles. The summed E-state index contributed by atoms with van der Waals surface area (Å²) in [6.07, 6.45) is 4.36. The van der Waals surface area contributed by atoms with Gasteiger partial charge in [-0.3, -0.25) is 4.79 Å². The molecule has 0 saturated heterocycles. The molecule has 2 bridgehead atoms. The van der Waals surface area contributed by atoms with Crippen LogP contribution in [-0.4, -0.2) is 25.8 Å². The highest BCUT2D eigenvalue weighted by molar-refractivity contribution is 5.79. The van der Waals surface area contributed by atoms with Crippen LogP contribution in [0.2, 0.25) is 0 Å². The highest BCUT2D eigenvalue weighted by Crippen LogP contribution is 2.56. The van der Waals surface area contributed by atoms with Gasteiger partial charge in [0.2, 0.25) is 5.89 Å². The van der Waals surface area contributed by atoms with Gasteiger partial charge in [0.05, 0.1) is 11.9 Å². The van der Waals surface area contributed by atoms with Gasteiger partial charge in [-0.2, -0.15) is 5.10 Å². The lowest BCUT2D eigenvalue weighted by atomic mass is 9.91. The first-order valence-corrected chi connectivity index (χ1v) is 9.55. The molecule has 8 heteroatoms. The second-order valence-electron chi connectivity index (χ2n) is 8.32. The number of fused-ring (bicyclic) bond motifs is 5. The molecule has 5 rings (SSSR count). The fourth-order valence-electron chi connectivity index (χ4n) is 4.50. The molecule has 6 nitrogen and oxygen atoms in total. The van der Waals surface area contributed by atoms with E-state index >= 15 is 0 Å². The second kappa shape index (κ2) is 5.98. The smallest absolute Gasteiger partial charge is 0.316 e. The fourth-order valence-corrected chi connectivity index (χ4v) is 4.50. The molecule has 29 heavy (non-hydrogen) atoms. The number of halogens is 2. The largest absolute Gasteiger partial charge is 0.481 e. The molecule has 2 aliphatic carbocycles. The number of hydrogen-bond acceptors (Lipinski definition) is 4. The molecule has 2 heterocycles. The number of aliphatic carboxylic acids is 1. The minimum Gasteiger partial charge on any atom is -0.481 e. The summed E-state index contributed by atoms with van der Waals surface area (Å²) in [7, 11) is 0. The van der Waals surface area contributed by atoms with Crippen LogP contribution in [0, 0.1) is 11.6 Å². The first-order chi connectivity index (χ1) is 13.8. The third-order valence-electron chi connectivity index (χ3n) is 6.18. The summed E-state index contributed by atoms with van der Waals surface area (Å²) in [5, 5.41) is 14.0. The number of nitrogens with zero attached hydrogens (tertiary/aromatic N) is 3. The van der Waals surface area contributed by atoms with E-state index in [1.54, 1.807) is 13.8 Å². The van der Waals surface area contributed by atoms with Crippen LogP contribution < -0.4 is 0 Å². The third kappa shape index (κ3) is 2.54. The molecule has 0 amide bonds. The molecule has 0 spiro atoms. The van der Waals surface area contributed by atoms with Gasteiger partial charge in [0.1, 0.15) is 22.7 Å². The van der Waals surface area contributed by atoms with Crippen molar-refractivity contribution >= 4 is 5.97 Å². The lowest BCUT2D eigenvalue weighted by Gasteiger charge is -2.14. The highest BCUT2D eigenvalue weighted by atomic mass is 19.1. The van der Waals surface area contributed by atoms with Crippen molar-refractivity contribution in [3.63, 3.8) is 0 Å². The molecule has 0 aliphatic heterocycles. The van der Waals surface area contributed by atoms with E-state index in [4.69, 9.17) is 4.42 Å². The van der Waals surface area contributed by atoms with E-state index < -0.39 is 23.0 Å². The molecular weight excluding hydrogens is 380 g/mol. The first kappa shape index (κ1) is 18.0. The summed E-state index contributed by atoms with van der Waals surface area (Å²) in [6.45, 7) is 3.08. The van der Waals surface area contributed by atoms with Gasteiger partial charge in [-0.15, -0.1) is 0 Å². The SMILES string of the molecule is CC(C)(C(=O)O)c1cnc(-c2nn(-c3ccc(F)cc3F)c3c2C2CCC3C2)o1. The van der Waals surface area contributed by atoms with E-state index in [9.17, 15) is 18.7 Å². The number of rotatable bonds is 4. The van der Waals surface area contributed by atoms with E-state index in [1.165, 1.54) is 23.0 Å². The van der Waals surface area contributed by atoms with Gasteiger partial charge in [0.25, 0.3) is 0 Å². The number of benzene rings is 1. The van der Waals surface area contributed by atoms with Crippen molar-refractivity contribution in [3.8, 4) is 17.3 Å². The van der Waals surface area contributed by atoms with Crippen molar-refractivity contribution in [3.05, 3.63) is 53.0 Å². The molecule has 2 unspecified atom stereocenters. The van der Waals surface area contributed by atoms with Gasteiger partial charge in [0.15, 0.2) is 11.5 Å². The topological polar surface area (TPSA) is 81.1 Å². The van der Waals surface area contributed by atoms with Crippen LogP contribution in [0.15, 0.2) is 28.8 Å². The highest BCUT2D eigenvalue weighted by Gasteiger charge is 2.44. The maximum Gasteiger partial charge on any atom is 0.316 e. The predicted molar refractivity (Wildman–Crippen MR) is 99.0 cm³/mol. The summed E-state index contributed by atoms with van der Waals surface area (Å²) in [5.74, 6) is -1.38. The Morgan fingerprint density at radius 2 is 2.03 bits per heavy atom. The van der Waals surface area contributed by atoms with Gasteiger partial charge < -0.3 is 9.52 Å². The van der Waals surface area contributed by atoms with Gasteiger partial charge in [-0.25, -0.2) is 18.4 Å². The van der Waals surface area contributed by atoms with Crippen molar-refractivity contribution in [2.45, 2.75) is 50.4 Å². The Morgan fingerprint density at radius 1 is 1.28 bits per heavy atom. The molecule has 150 valence electrons. The standard InChI is InChI=1S/C21H19F2N3O3/c1-21(2,20(27)28)15-9-24-19(29-15)17-16-10-3-4-11(7-10)18(16)26(25-17)14-6-5-12(22)8-13(14)23/h5-6,8-11H,3-4,7H2,1-2H3,(H,27,28). The van der Waals surface area contributed by atoms with E-state index in [1.807, 2.05) is 0 Å². The summed E-state index contributed by atoms with van der Waals surface area (Å²) < 4.78 is 35.2. The van der Waals surface area contributed by atoms with E-state index in [2.05, 4.69) is 10.1 Å². The molecule has 1 N–H and O–H groups in total. The van der Waals surface area contributed by atoms with Crippen molar-refractivity contribution < 1.29 is 23.1 Å². The monoisotopic (exact) mass is 399 g/mol. The normalized spacial score (nSPS) is 20.3. The molecule has 2 aromatic heterocycles. The average molecular weight is 399 g/mol. The zero-order valence-corrected chi connectivity index (χ0v) is 15.9. The number of carboxylic acid groups (broad SMARTS) is 1. The van der Waals surface area contributed by atoms with Crippen LogP contribution in [0.5, 0.6) is 0 Å². The van der Waals surface area contributed by atoms with Crippen LogP contribution >= 0.6 is 0 Å². The summed E-state index contributed by atoms with van der Waals surface area (Å²) in [6, 6.07) is 3.43. The van der Waals surface area contributed by atoms with E-state index in [-0.39, 0.29) is 29.2 Å². The van der Waals surface area contributed by atoms with E-state index in [0.29, 0.717) is 5.69 Å². The van der Waals surface area contributed by atoms with Gasteiger partial charge in [-0.05, 0) is 51.2 Å². The summed E-state index contributed by atoms with van der Waals surface area (Å²) in [5.41, 5.74) is 1.34. The zero-order valence-electron chi connectivity index (χ0n) is 15.9. The Bertz CT molecular complexity index is 1150. The number of carbonyl (C=O) groups is 1. The molecule has 1 fully saturated rings. The average Bonchev–Trinajstić information content (AvgIpc) is 3.42. The van der Waals surface area contributed by atoms with Crippen LogP contribution in [0.1, 0.15) is 62.0 Å². The van der Waals surface area contributed by atoms with Crippen LogP contribution in [0.4, 0.5) is 8.78 Å². The van der Waals surface area contributed by atoms with Crippen molar-refractivity contribution in [2.24, 2.45) is 0 Å². The Labute approximate surface area is 165 Å². The summed E-state index contributed by atoms with van der Waals surface area (Å²) >= 11 is 0. The predicted octanol–water partition coefficient (Wildman–Crippen LogP) is 4.53. The van der Waals surface area contributed by atoms with Crippen molar-refractivity contribution in [1.29, 1.82) is 0 Å². The Kier molecular flexibility index (Phi) is 3.72.